The summed E-state index contributed by atoms with van der Waals surface area (Å²) in [6, 6.07) is 9.60. The second-order valence-electron chi connectivity index (χ2n) is 11.6. The number of hydrogen-bond donors (Lipinski definition) is 1. The summed E-state index contributed by atoms with van der Waals surface area (Å²) in [5.41, 5.74) is 3.21. The molecule has 0 aliphatic heterocycles. The van der Waals surface area contributed by atoms with Crippen LogP contribution in [0.25, 0.3) is 0 Å². The summed E-state index contributed by atoms with van der Waals surface area (Å²) < 4.78 is 13.1. The summed E-state index contributed by atoms with van der Waals surface area (Å²) >= 11 is 16.5. The average Bonchev–Trinajstić information content (AvgIpc) is 2.71. The Hall–Kier alpha value is -0.940. The first-order valence-corrected chi connectivity index (χ1v) is 13.9. The van der Waals surface area contributed by atoms with Gasteiger partial charge in [-0.15, -0.1) is 0 Å². The molecule has 2 aromatic rings. The van der Waals surface area contributed by atoms with E-state index in [0.717, 1.165) is 28.2 Å². The molecule has 34 heavy (non-hydrogen) atoms. The quantitative estimate of drug-likeness (QED) is 0.347. The fourth-order valence-corrected chi connectivity index (χ4v) is 8.81. The maximum atomic E-state index is 6.33. The largest absolute Gasteiger partial charge is 0.490 e. The number of ether oxygens (including phenoxy) is 2. The van der Waals surface area contributed by atoms with Gasteiger partial charge in [0, 0.05) is 32.2 Å². The highest BCUT2D eigenvalue weighted by Gasteiger charge is 2.59. The van der Waals surface area contributed by atoms with E-state index in [1.165, 1.54) is 44.1 Å². The van der Waals surface area contributed by atoms with E-state index in [2.05, 4.69) is 41.2 Å². The maximum absolute atomic E-state index is 6.33. The Bertz CT molecular complexity index is 1050. The highest BCUT2D eigenvalue weighted by molar-refractivity contribution is 9.10. The van der Waals surface area contributed by atoms with Crippen molar-refractivity contribution in [2.24, 2.45) is 16.7 Å². The van der Waals surface area contributed by atoms with Gasteiger partial charge in [0.1, 0.15) is 6.61 Å². The molecule has 0 saturated heterocycles. The lowest BCUT2D eigenvalue weighted by atomic mass is 9.43. The van der Waals surface area contributed by atoms with Crippen LogP contribution in [0.3, 0.4) is 0 Å². The highest BCUT2D eigenvalue weighted by atomic mass is 79.9. The molecule has 4 fully saturated rings. The molecule has 4 saturated carbocycles. The van der Waals surface area contributed by atoms with Gasteiger partial charge in [-0.3, -0.25) is 0 Å². The second kappa shape index (κ2) is 9.18. The van der Waals surface area contributed by atoms with Crippen molar-refractivity contribution >= 4 is 39.1 Å². The second-order valence-corrected chi connectivity index (χ2v) is 13.2. The summed E-state index contributed by atoms with van der Waals surface area (Å²) in [7, 11) is 0. The van der Waals surface area contributed by atoms with Gasteiger partial charge in [0.15, 0.2) is 11.5 Å². The van der Waals surface area contributed by atoms with E-state index in [4.69, 9.17) is 32.7 Å². The minimum Gasteiger partial charge on any atom is -0.490 e. The number of nitrogens with one attached hydrogen (secondary N) is 1. The van der Waals surface area contributed by atoms with Gasteiger partial charge in [0.25, 0.3) is 0 Å². The van der Waals surface area contributed by atoms with E-state index in [9.17, 15) is 0 Å². The number of rotatable bonds is 8. The molecule has 0 radical (unpaired) electrons. The molecule has 2 aromatic carbocycles. The van der Waals surface area contributed by atoms with Crippen LogP contribution >= 0.6 is 39.1 Å². The molecule has 6 heteroatoms. The molecular formula is C28H34BrCl2NO2. The van der Waals surface area contributed by atoms with Gasteiger partial charge in [-0.25, -0.2) is 0 Å². The van der Waals surface area contributed by atoms with Crippen molar-refractivity contribution in [3.63, 3.8) is 0 Å². The molecule has 2 unspecified atom stereocenters. The van der Waals surface area contributed by atoms with Gasteiger partial charge in [-0.05, 0) is 92.0 Å². The van der Waals surface area contributed by atoms with E-state index in [1.54, 1.807) is 0 Å². The summed E-state index contributed by atoms with van der Waals surface area (Å²) in [5, 5.41) is 5.24. The first-order chi connectivity index (χ1) is 16.1. The summed E-state index contributed by atoms with van der Waals surface area (Å²) in [4.78, 5) is 0. The highest BCUT2D eigenvalue weighted by Crippen LogP contribution is 2.66. The number of hydrogen-bond acceptors (Lipinski definition) is 3. The third kappa shape index (κ3) is 4.85. The minimum absolute atomic E-state index is 0.254. The van der Waals surface area contributed by atoms with Crippen molar-refractivity contribution in [3.8, 4) is 11.5 Å². The van der Waals surface area contributed by atoms with E-state index in [-0.39, 0.29) is 12.1 Å². The van der Waals surface area contributed by atoms with Crippen LogP contribution in [0, 0.1) is 16.7 Å². The number of halogens is 3. The van der Waals surface area contributed by atoms with Crippen LogP contribution in [0.2, 0.25) is 10.0 Å². The Morgan fingerprint density at radius 1 is 0.971 bits per heavy atom. The molecule has 4 aliphatic carbocycles. The molecule has 184 valence electrons. The van der Waals surface area contributed by atoms with E-state index < -0.39 is 0 Å². The Morgan fingerprint density at radius 2 is 1.62 bits per heavy atom. The molecule has 3 nitrogen and oxygen atoms in total. The maximum Gasteiger partial charge on any atom is 0.162 e. The van der Waals surface area contributed by atoms with E-state index >= 15 is 0 Å². The lowest BCUT2D eigenvalue weighted by Crippen LogP contribution is -2.63. The lowest BCUT2D eigenvalue weighted by molar-refractivity contribution is -0.118. The summed E-state index contributed by atoms with van der Waals surface area (Å²) in [5.74, 6) is 2.30. The molecule has 0 aromatic heterocycles. The SMILES string of the molecule is CCOc1cc(CNC23CC4CC(C)(CC(C)(C4)C2)C3)c(Br)cc1OCc1c(Cl)cccc1Cl. The summed E-state index contributed by atoms with van der Waals surface area (Å²) in [6.07, 6.45) is 8.11. The van der Waals surface area contributed by atoms with Gasteiger partial charge < -0.3 is 14.8 Å². The molecule has 0 spiro atoms. The van der Waals surface area contributed by atoms with Crippen LogP contribution in [0.4, 0.5) is 0 Å². The smallest absolute Gasteiger partial charge is 0.162 e. The molecule has 2 atom stereocenters. The molecular weight excluding hydrogens is 533 g/mol. The van der Waals surface area contributed by atoms with Crippen LogP contribution in [-0.2, 0) is 13.2 Å². The predicted molar refractivity (Wildman–Crippen MR) is 143 cm³/mol. The Morgan fingerprint density at radius 3 is 2.24 bits per heavy atom. The molecule has 4 aliphatic rings. The van der Waals surface area contributed by atoms with Gasteiger partial charge >= 0.3 is 0 Å². The van der Waals surface area contributed by atoms with Crippen molar-refractivity contribution in [2.75, 3.05) is 6.61 Å². The third-order valence-corrected chi connectivity index (χ3v) is 9.57. The molecule has 4 bridgehead atoms. The zero-order valence-electron chi connectivity index (χ0n) is 20.3. The molecule has 0 heterocycles. The third-order valence-electron chi connectivity index (χ3n) is 8.13. The standard InChI is InChI=1S/C28H34BrCl2NO2/c1-4-33-24-8-19(21(29)9-25(24)34-14-20-22(30)6-5-7-23(20)31)13-32-28-12-18-10-26(2,16-28)15-27(3,11-18)17-28/h5-9,18,32H,4,10-17H2,1-3H3. The van der Waals surface area contributed by atoms with Gasteiger partial charge in [0.05, 0.1) is 6.61 Å². The monoisotopic (exact) mass is 565 g/mol. The zero-order chi connectivity index (χ0) is 24.1. The molecule has 1 N–H and O–H groups in total. The van der Waals surface area contributed by atoms with Gasteiger partial charge in [-0.2, -0.15) is 0 Å². The van der Waals surface area contributed by atoms with Crippen molar-refractivity contribution in [1.29, 1.82) is 0 Å². The van der Waals surface area contributed by atoms with Crippen LogP contribution in [0.5, 0.6) is 11.5 Å². The topological polar surface area (TPSA) is 30.5 Å². The first kappa shape index (κ1) is 24.7. The fourth-order valence-electron chi connectivity index (χ4n) is 7.84. The zero-order valence-corrected chi connectivity index (χ0v) is 23.4. The Labute approximate surface area is 222 Å². The molecule has 0 amide bonds. The van der Waals surface area contributed by atoms with E-state index in [0.29, 0.717) is 33.2 Å². The molecule has 6 rings (SSSR count). The normalized spacial score (nSPS) is 31.6. The van der Waals surface area contributed by atoms with Gasteiger partial charge in [-0.1, -0.05) is 59.0 Å². The average molecular weight is 567 g/mol. The van der Waals surface area contributed by atoms with Crippen molar-refractivity contribution in [1.82, 2.24) is 5.32 Å². The van der Waals surface area contributed by atoms with Crippen molar-refractivity contribution in [2.45, 2.75) is 78.0 Å². The Kier molecular flexibility index (Phi) is 6.68. The number of benzene rings is 2. The summed E-state index contributed by atoms with van der Waals surface area (Å²) in [6.45, 7) is 8.70. The predicted octanol–water partition coefficient (Wildman–Crippen LogP) is 8.57. The van der Waals surface area contributed by atoms with Crippen LogP contribution < -0.4 is 14.8 Å². The lowest BCUT2D eigenvalue weighted by Gasteiger charge is -2.65. The first-order valence-electron chi connectivity index (χ1n) is 12.4. The van der Waals surface area contributed by atoms with Crippen molar-refractivity contribution < 1.29 is 9.47 Å². The van der Waals surface area contributed by atoms with Crippen molar-refractivity contribution in [3.05, 3.63) is 56.0 Å². The van der Waals surface area contributed by atoms with Crippen LogP contribution in [0.1, 0.15) is 70.4 Å². The minimum atomic E-state index is 0.254. The van der Waals surface area contributed by atoms with E-state index in [1.807, 2.05) is 31.2 Å². The van der Waals surface area contributed by atoms with Crippen LogP contribution in [-0.4, -0.2) is 12.1 Å². The fraction of sp³-hybridized carbons (Fsp3) is 0.571. The van der Waals surface area contributed by atoms with Crippen LogP contribution in [0.15, 0.2) is 34.8 Å². The van der Waals surface area contributed by atoms with Gasteiger partial charge in [0.2, 0.25) is 0 Å². The Balaban J connectivity index is 1.33.